The van der Waals surface area contributed by atoms with Crippen LogP contribution in [-0.4, -0.2) is 43.6 Å². The first kappa shape index (κ1) is 16.6. The highest BCUT2D eigenvalue weighted by Gasteiger charge is 2.12. The Bertz CT molecular complexity index is 494. The number of halogens is 1. The molecule has 0 unspecified atom stereocenters. The summed E-state index contributed by atoms with van der Waals surface area (Å²) in [4.78, 5) is 4.31. The number of rotatable bonds is 8. The van der Waals surface area contributed by atoms with Gasteiger partial charge in [-0.2, -0.15) is 0 Å². The molecule has 0 radical (unpaired) electrons. The molecule has 0 saturated heterocycles. The van der Waals surface area contributed by atoms with Gasteiger partial charge in [0.15, 0.2) is 0 Å². The lowest BCUT2D eigenvalue weighted by Crippen LogP contribution is -2.32. The van der Waals surface area contributed by atoms with Crippen LogP contribution in [0.25, 0.3) is 0 Å². The number of sulfonamides is 1. The van der Waals surface area contributed by atoms with Crippen molar-refractivity contribution in [3.63, 3.8) is 0 Å². The van der Waals surface area contributed by atoms with Gasteiger partial charge in [0.25, 0.3) is 0 Å². The van der Waals surface area contributed by atoms with Gasteiger partial charge in [-0.25, -0.2) is 17.7 Å². The van der Waals surface area contributed by atoms with E-state index in [1.807, 2.05) is 25.1 Å². The fourth-order valence-electron chi connectivity index (χ4n) is 1.70. The molecule has 0 atom stereocenters. The average molecular weight is 350 g/mol. The van der Waals surface area contributed by atoms with E-state index in [9.17, 15) is 8.42 Å². The maximum atomic E-state index is 11.4. The van der Waals surface area contributed by atoms with Gasteiger partial charge in [0.2, 0.25) is 10.0 Å². The molecule has 0 saturated carbocycles. The second-order valence-corrected chi connectivity index (χ2v) is 7.03. The molecule has 0 bridgehead atoms. The van der Waals surface area contributed by atoms with Crippen molar-refractivity contribution in [1.29, 1.82) is 0 Å². The molecular weight excluding hydrogens is 330 g/mol. The van der Waals surface area contributed by atoms with E-state index in [-0.39, 0.29) is 0 Å². The Kier molecular flexibility index (Phi) is 6.92. The largest absolute Gasteiger partial charge is 0.311 e. The maximum absolute atomic E-state index is 11.4. The number of nitrogens with zero attached hydrogens (tertiary/aromatic N) is 2. The van der Waals surface area contributed by atoms with E-state index in [4.69, 9.17) is 0 Å². The molecule has 0 spiro atoms. The van der Waals surface area contributed by atoms with Gasteiger partial charge in [0, 0.05) is 19.6 Å². The summed E-state index contributed by atoms with van der Waals surface area (Å²) in [6.45, 7) is 4.37. The molecule has 0 aliphatic carbocycles. The number of hydrogen-bond acceptors (Lipinski definition) is 4. The fourth-order valence-corrected chi connectivity index (χ4v) is 3.01. The highest BCUT2D eigenvalue weighted by molar-refractivity contribution is 9.10. The van der Waals surface area contributed by atoms with Crippen LogP contribution in [0.1, 0.15) is 19.0 Å². The molecule has 5 nitrogen and oxygen atoms in total. The standard InChI is InChI=1S/C12H20BrN3O2S/c1-3-16(19(2,17)18)9-5-8-14-10-11-6-4-7-12(13)15-11/h4,6-7,14H,3,5,8-10H2,1-2H3. The zero-order valence-corrected chi connectivity index (χ0v) is 13.7. The first-order chi connectivity index (χ1) is 8.93. The lowest BCUT2D eigenvalue weighted by Gasteiger charge is -2.17. The monoisotopic (exact) mass is 349 g/mol. The Morgan fingerprint density at radius 2 is 2.16 bits per heavy atom. The molecule has 0 aromatic carbocycles. The van der Waals surface area contributed by atoms with Crippen molar-refractivity contribution in [3.05, 3.63) is 28.5 Å². The lowest BCUT2D eigenvalue weighted by atomic mass is 10.3. The predicted molar refractivity (Wildman–Crippen MR) is 80.4 cm³/mol. The average Bonchev–Trinajstić information content (AvgIpc) is 2.32. The van der Waals surface area contributed by atoms with E-state index < -0.39 is 10.0 Å². The Hall–Kier alpha value is -0.500. The summed E-state index contributed by atoms with van der Waals surface area (Å²) < 4.78 is 25.0. The van der Waals surface area contributed by atoms with Crippen LogP contribution in [-0.2, 0) is 16.6 Å². The molecule has 0 aliphatic rings. The molecule has 1 aromatic rings. The van der Waals surface area contributed by atoms with E-state index in [2.05, 4.69) is 26.2 Å². The summed E-state index contributed by atoms with van der Waals surface area (Å²) in [5.41, 5.74) is 0.963. The summed E-state index contributed by atoms with van der Waals surface area (Å²) in [6.07, 6.45) is 2.03. The van der Waals surface area contributed by atoms with Crippen molar-refractivity contribution in [2.45, 2.75) is 19.9 Å². The van der Waals surface area contributed by atoms with E-state index in [1.165, 1.54) is 10.6 Å². The van der Waals surface area contributed by atoms with Gasteiger partial charge in [0.1, 0.15) is 4.60 Å². The molecule has 108 valence electrons. The number of hydrogen-bond donors (Lipinski definition) is 1. The molecule has 0 aliphatic heterocycles. The third-order valence-corrected chi connectivity index (χ3v) is 4.48. The van der Waals surface area contributed by atoms with Crippen molar-refractivity contribution in [1.82, 2.24) is 14.6 Å². The van der Waals surface area contributed by atoms with E-state index >= 15 is 0 Å². The van der Waals surface area contributed by atoms with Gasteiger partial charge in [-0.15, -0.1) is 0 Å². The second-order valence-electron chi connectivity index (χ2n) is 4.24. The molecule has 19 heavy (non-hydrogen) atoms. The highest BCUT2D eigenvalue weighted by atomic mass is 79.9. The summed E-state index contributed by atoms with van der Waals surface area (Å²) in [6, 6.07) is 5.78. The Morgan fingerprint density at radius 1 is 1.42 bits per heavy atom. The van der Waals surface area contributed by atoms with Gasteiger partial charge >= 0.3 is 0 Å². The number of nitrogens with one attached hydrogen (secondary N) is 1. The quantitative estimate of drug-likeness (QED) is 0.572. The van der Waals surface area contributed by atoms with Crippen LogP contribution in [0.3, 0.4) is 0 Å². The first-order valence-electron chi connectivity index (χ1n) is 6.20. The Morgan fingerprint density at radius 3 is 2.74 bits per heavy atom. The second kappa shape index (κ2) is 7.94. The van der Waals surface area contributed by atoms with Crippen LogP contribution in [0.4, 0.5) is 0 Å². The van der Waals surface area contributed by atoms with Gasteiger partial charge in [-0.1, -0.05) is 13.0 Å². The molecule has 1 N–H and O–H groups in total. The molecule has 7 heteroatoms. The van der Waals surface area contributed by atoms with Crippen LogP contribution in [0, 0.1) is 0 Å². The molecular formula is C12H20BrN3O2S. The molecule has 1 heterocycles. The van der Waals surface area contributed by atoms with Crippen molar-refractivity contribution in [2.24, 2.45) is 0 Å². The molecule has 1 aromatic heterocycles. The van der Waals surface area contributed by atoms with Crippen molar-refractivity contribution in [3.8, 4) is 0 Å². The highest BCUT2D eigenvalue weighted by Crippen LogP contribution is 2.05. The van der Waals surface area contributed by atoms with Gasteiger partial charge in [-0.05, 0) is 41.0 Å². The van der Waals surface area contributed by atoms with Crippen molar-refractivity contribution >= 4 is 26.0 Å². The number of aromatic nitrogens is 1. The van der Waals surface area contributed by atoms with Crippen molar-refractivity contribution < 1.29 is 8.42 Å². The van der Waals surface area contributed by atoms with Crippen LogP contribution in [0.5, 0.6) is 0 Å². The smallest absolute Gasteiger partial charge is 0.211 e. The van der Waals surface area contributed by atoms with E-state index in [1.54, 1.807) is 0 Å². The van der Waals surface area contributed by atoms with Crippen LogP contribution in [0.2, 0.25) is 0 Å². The van der Waals surface area contributed by atoms with Crippen LogP contribution in [0.15, 0.2) is 22.8 Å². The fraction of sp³-hybridized carbons (Fsp3) is 0.583. The summed E-state index contributed by atoms with van der Waals surface area (Å²) in [5.74, 6) is 0. The number of pyridine rings is 1. The summed E-state index contributed by atoms with van der Waals surface area (Å²) in [7, 11) is -3.07. The van der Waals surface area contributed by atoms with Crippen molar-refractivity contribution in [2.75, 3.05) is 25.9 Å². The van der Waals surface area contributed by atoms with Gasteiger partial charge < -0.3 is 5.32 Å². The SMILES string of the molecule is CCN(CCCNCc1cccc(Br)n1)S(C)(=O)=O. The molecule has 0 fully saturated rings. The van der Waals surface area contributed by atoms with Gasteiger partial charge in [0.05, 0.1) is 11.9 Å². The molecule has 0 amide bonds. The summed E-state index contributed by atoms with van der Waals surface area (Å²) >= 11 is 3.32. The third-order valence-electron chi connectivity index (χ3n) is 2.66. The van der Waals surface area contributed by atoms with E-state index in [0.29, 0.717) is 19.6 Å². The zero-order chi connectivity index (χ0) is 14.3. The topological polar surface area (TPSA) is 62.3 Å². The Balaban J connectivity index is 2.25. The minimum atomic E-state index is -3.07. The van der Waals surface area contributed by atoms with E-state index in [0.717, 1.165) is 23.3 Å². The van der Waals surface area contributed by atoms with Crippen LogP contribution < -0.4 is 5.32 Å². The summed E-state index contributed by atoms with van der Waals surface area (Å²) in [5, 5.41) is 3.25. The minimum absolute atomic E-state index is 0.520. The lowest BCUT2D eigenvalue weighted by molar-refractivity contribution is 0.419. The predicted octanol–water partition coefficient (Wildman–Crippen LogP) is 1.61. The first-order valence-corrected chi connectivity index (χ1v) is 8.85. The van der Waals surface area contributed by atoms with Crippen LogP contribution >= 0.6 is 15.9 Å². The molecule has 1 rings (SSSR count). The zero-order valence-electron chi connectivity index (χ0n) is 11.3. The maximum Gasteiger partial charge on any atom is 0.211 e. The Labute approximate surface area is 123 Å². The minimum Gasteiger partial charge on any atom is -0.311 e. The normalized spacial score (nSPS) is 12.0. The third kappa shape index (κ3) is 6.47. The van der Waals surface area contributed by atoms with Gasteiger partial charge in [-0.3, -0.25) is 0 Å².